The first-order valence-electron chi connectivity index (χ1n) is 8.29. The van der Waals surface area contributed by atoms with E-state index in [1.807, 2.05) is 32.0 Å². The molecule has 128 valence electrons. The molecule has 1 aliphatic rings. The molecule has 2 aromatic carbocycles. The van der Waals surface area contributed by atoms with Crippen molar-refractivity contribution in [3.8, 4) is 17.6 Å². The van der Waals surface area contributed by atoms with Crippen molar-refractivity contribution in [2.24, 2.45) is 5.92 Å². The molecule has 0 bridgehead atoms. The standard InChI is InChI=1S/C20H20N2O3/c1-13(2)19(15-6-7-17-18(11-15)25-9-8-24-17)22-20(23)16-5-3-4-14(10-16)12-21/h3-7,10-11,13,19H,8-9H2,1-2H3,(H,22,23). The second-order valence-electron chi connectivity index (χ2n) is 6.29. The fourth-order valence-corrected chi connectivity index (χ4v) is 2.84. The van der Waals surface area contributed by atoms with Crippen molar-refractivity contribution in [1.82, 2.24) is 5.32 Å². The molecule has 3 rings (SSSR count). The van der Waals surface area contributed by atoms with Crippen molar-refractivity contribution in [3.63, 3.8) is 0 Å². The molecule has 5 nitrogen and oxygen atoms in total. The lowest BCUT2D eigenvalue weighted by Gasteiger charge is -2.25. The van der Waals surface area contributed by atoms with Gasteiger partial charge in [-0.2, -0.15) is 5.26 Å². The van der Waals surface area contributed by atoms with Gasteiger partial charge in [-0.05, 0) is 41.8 Å². The number of nitriles is 1. The minimum Gasteiger partial charge on any atom is -0.486 e. The van der Waals surface area contributed by atoms with Crippen LogP contribution in [0.25, 0.3) is 0 Å². The number of benzene rings is 2. The van der Waals surface area contributed by atoms with Crippen molar-refractivity contribution in [2.45, 2.75) is 19.9 Å². The Labute approximate surface area is 147 Å². The summed E-state index contributed by atoms with van der Waals surface area (Å²) in [6.07, 6.45) is 0. The maximum absolute atomic E-state index is 12.6. The Hall–Kier alpha value is -3.00. The molecule has 1 atom stereocenters. The molecular weight excluding hydrogens is 316 g/mol. The van der Waals surface area contributed by atoms with Crippen molar-refractivity contribution < 1.29 is 14.3 Å². The molecule has 1 aliphatic heterocycles. The van der Waals surface area contributed by atoms with E-state index in [9.17, 15) is 4.79 Å². The average Bonchev–Trinajstić information content (AvgIpc) is 2.65. The zero-order valence-corrected chi connectivity index (χ0v) is 14.3. The number of nitrogens with one attached hydrogen (secondary N) is 1. The minimum absolute atomic E-state index is 0.172. The summed E-state index contributed by atoms with van der Waals surface area (Å²) < 4.78 is 11.2. The summed E-state index contributed by atoms with van der Waals surface area (Å²) in [5.74, 6) is 1.41. The predicted octanol–water partition coefficient (Wildman–Crippen LogP) is 3.46. The molecule has 1 N–H and O–H groups in total. The van der Waals surface area contributed by atoms with E-state index in [-0.39, 0.29) is 17.9 Å². The van der Waals surface area contributed by atoms with Gasteiger partial charge >= 0.3 is 0 Å². The van der Waals surface area contributed by atoms with E-state index in [1.54, 1.807) is 24.3 Å². The number of amides is 1. The highest BCUT2D eigenvalue weighted by Gasteiger charge is 2.22. The number of nitrogens with zero attached hydrogens (tertiary/aromatic N) is 1. The molecule has 0 fully saturated rings. The van der Waals surface area contributed by atoms with Gasteiger partial charge in [-0.1, -0.05) is 26.0 Å². The van der Waals surface area contributed by atoms with E-state index in [2.05, 4.69) is 11.4 Å². The van der Waals surface area contributed by atoms with E-state index >= 15 is 0 Å². The van der Waals surface area contributed by atoms with Crippen molar-refractivity contribution in [1.29, 1.82) is 5.26 Å². The van der Waals surface area contributed by atoms with Gasteiger partial charge in [0.2, 0.25) is 0 Å². The van der Waals surface area contributed by atoms with E-state index in [0.717, 1.165) is 11.3 Å². The second kappa shape index (κ2) is 7.27. The molecule has 0 aliphatic carbocycles. The lowest BCUT2D eigenvalue weighted by Crippen LogP contribution is -2.32. The maximum atomic E-state index is 12.6. The summed E-state index contributed by atoms with van der Waals surface area (Å²) in [6, 6.07) is 14.3. The quantitative estimate of drug-likeness (QED) is 0.928. The third kappa shape index (κ3) is 3.74. The van der Waals surface area contributed by atoms with Crippen molar-refractivity contribution >= 4 is 5.91 Å². The number of carbonyl (C=O) groups excluding carboxylic acids is 1. The number of fused-ring (bicyclic) bond motifs is 1. The largest absolute Gasteiger partial charge is 0.486 e. The zero-order valence-electron chi connectivity index (χ0n) is 14.3. The molecule has 1 heterocycles. The Bertz CT molecular complexity index is 824. The van der Waals surface area contributed by atoms with Crippen LogP contribution in [-0.2, 0) is 0 Å². The Morgan fingerprint density at radius 3 is 2.60 bits per heavy atom. The van der Waals surface area contributed by atoms with Gasteiger partial charge in [0.05, 0.1) is 17.7 Å². The van der Waals surface area contributed by atoms with Crippen LogP contribution in [0.1, 0.15) is 41.4 Å². The van der Waals surface area contributed by atoms with Crippen molar-refractivity contribution in [2.75, 3.05) is 13.2 Å². The minimum atomic E-state index is -0.203. The number of ether oxygens (including phenoxy) is 2. The van der Waals surface area contributed by atoms with Crippen molar-refractivity contribution in [3.05, 3.63) is 59.2 Å². The highest BCUT2D eigenvalue weighted by atomic mass is 16.6. The van der Waals surface area contributed by atoms with Crippen LogP contribution in [0.15, 0.2) is 42.5 Å². The van der Waals surface area contributed by atoms with Crippen LogP contribution in [0.3, 0.4) is 0 Å². The van der Waals surface area contributed by atoms with Crippen LogP contribution in [-0.4, -0.2) is 19.1 Å². The predicted molar refractivity (Wildman–Crippen MR) is 93.6 cm³/mol. The second-order valence-corrected chi connectivity index (χ2v) is 6.29. The van der Waals surface area contributed by atoms with E-state index < -0.39 is 0 Å². The van der Waals surface area contributed by atoms with Gasteiger partial charge in [0.25, 0.3) is 5.91 Å². The van der Waals surface area contributed by atoms with Gasteiger partial charge in [-0.3, -0.25) is 4.79 Å². The normalized spacial score (nSPS) is 13.8. The Kier molecular flexibility index (Phi) is 4.90. The summed E-state index contributed by atoms with van der Waals surface area (Å²) >= 11 is 0. The molecule has 0 spiro atoms. The van der Waals surface area contributed by atoms with Crippen LogP contribution in [0.4, 0.5) is 0 Å². The van der Waals surface area contributed by atoms with Gasteiger partial charge in [0.1, 0.15) is 13.2 Å². The Balaban J connectivity index is 1.84. The topological polar surface area (TPSA) is 71.4 Å². The zero-order chi connectivity index (χ0) is 17.8. The summed E-state index contributed by atoms with van der Waals surface area (Å²) in [6.45, 7) is 5.17. The Morgan fingerprint density at radius 1 is 1.12 bits per heavy atom. The van der Waals surface area contributed by atoms with E-state index in [0.29, 0.717) is 30.1 Å². The first kappa shape index (κ1) is 16.8. The van der Waals surface area contributed by atoms with Gasteiger partial charge in [0, 0.05) is 5.56 Å². The monoisotopic (exact) mass is 336 g/mol. The lowest BCUT2D eigenvalue weighted by molar-refractivity contribution is 0.0925. The SMILES string of the molecule is CC(C)C(NC(=O)c1cccc(C#N)c1)c1ccc2c(c1)OCCO2. The number of rotatable bonds is 4. The average molecular weight is 336 g/mol. The van der Waals surface area contributed by atoms with Gasteiger partial charge in [-0.25, -0.2) is 0 Å². The smallest absolute Gasteiger partial charge is 0.251 e. The van der Waals surface area contributed by atoms with Gasteiger partial charge < -0.3 is 14.8 Å². The number of carbonyl (C=O) groups is 1. The van der Waals surface area contributed by atoms with Gasteiger partial charge in [-0.15, -0.1) is 0 Å². The lowest BCUT2D eigenvalue weighted by atomic mass is 9.95. The molecule has 1 unspecified atom stereocenters. The molecule has 25 heavy (non-hydrogen) atoms. The van der Waals surface area contributed by atoms with E-state index in [4.69, 9.17) is 14.7 Å². The highest BCUT2D eigenvalue weighted by molar-refractivity contribution is 5.94. The van der Waals surface area contributed by atoms with Gasteiger partial charge in [0.15, 0.2) is 11.5 Å². The molecular formula is C20H20N2O3. The summed E-state index contributed by atoms with van der Waals surface area (Å²) in [4.78, 5) is 12.6. The third-order valence-corrected chi connectivity index (χ3v) is 4.13. The molecule has 0 radical (unpaired) electrons. The number of hydrogen-bond donors (Lipinski definition) is 1. The summed E-state index contributed by atoms with van der Waals surface area (Å²) in [5.41, 5.74) is 1.90. The van der Waals surface area contributed by atoms with Crippen LogP contribution < -0.4 is 14.8 Å². The molecule has 2 aromatic rings. The summed E-state index contributed by atoms with van der Waals surface area (Å²) in [5, 5.41) is 12.1. The van der Waals surface area contributed by atoms with Crippen LogP contribution in [0, 0.1) is 17.2 Å². The van der Waals surface area contributed by atoms with Crippen LogP contribution in [0.2, 0.25) is 0 Å². The van der Waals surface area contributed by atoms with Crippen LogP contribution in [0.5, 0.6) is 11.5 Å². The maximum Gasteiger partial charge on any atom is 0.251 e. The Morgan fingerprint density at radius 2 is 1.88 bits per heavy atom. The summed E-state index contributed by atoms with van der Waals surface area (Å²) in [7, 11) is 0. The van der Waals surface area contributed by atoms with E-state index in [1.165, 1.54) is 0 Å². The first-order chi connectivity index (χ1) is 12.1. The fourth-order valence-electron chi connectivity index (χ4n) is 2.84. The number of hydrogen-bond acceptors (Lipinski definition) is 4. The molecule has 0 aromatic heterocycles. The molecule has 0 saturated carbocycles. The molecule has 1 amide bonds. The molecule has 5 heteroatoms. The third-order valence-electron chi connectivity index (χ3n) is 4.13. The van der Waals surface area contributed by atoms with Crippen LogP contribution >= 0.6 is 0 Å². The molecule has 0 saturated heterocycles. The first-order valence-corrected chi connectivity index (χ1v) is 8.29. The fraction of sp³-hybridized carbons (Fsp3) is 0.300. The highest BCUT2D eigenvalue weighted by Crippen LogP contribution is 2.34.